The van der Waals surface area contributed by atoms with Crippen molar-refractivity contribution in [1.82, 2.24) is 15.2 Å². The van der Waals surface area contributed by atoms with Gasteiger partial charge in [0.2, 0.25) is 0 Å². The quantitative estimate of drug-likeness (QED) is 0.774. The SMILES string of the molecule is CNC(=O)c1cc(C(=O)NC2(CC(C)C)CC2)cn(Cc2ccccc2)c1=O. The van der Waals surface area contributed by atoms with Crippen LogP contribution in [-0.2, 0) is 6.54 Å². The standard InChI is InChI=1S/C22H27N3O3/c1-15(2)12-22(9-10-22)24-19(26)17-11-18(20(27)23-3)21(28)25(14-17)13-16-7-5-4-6-8-16/h4-8,11,14-15H,9-10,12-13H2,1-3H3,(H,23,27)(H,24,26). The number of rotatable bonds is 7. The molecule has 2 N–H and O–H groups in total. The lowest BCUT2D eigenvalue weighted by molar-refractivity contribution is 0.0925. The zero-order valence-electron chi connectivity index (χ0n) is 16.6. The third kappa shape index (κ3) is 4.50. The summed E-state index contributed by atoms with van der Waals surface area (Å²) in [5.74, 6) is -0.258. The highest BCUT2D eigenvalue weighted by molar-refractivity contribution is 5.99. The Morgan fingerprint density at radius 1 is 1.14 bits per heavy atom. The number of carbonyl (C=O) groups excluding carboxylic acids is 2. The Hall–Kier alpha value is -2.89. The van der Waals surface area contributed by atoms with Gasteiger partial charge in [-0.2, -0.15) is 0 Å². The number of hydrogen-bond donors (Lipinski definition) is 2. The fraction of sp³-hybridized carbons (Fsp3) is 0.409. The van der Waals surface area contributed by atoms with Crippen LogP contribution in [0.3, 0.4) is 0 Å². The van der Waals surface area contributed by atoms with Crippen molar-refractivity contribution in [3.05, 3.63) is 69.6 Å². The lowest BCUT2D eigenvalue weighted by Crippen LogP contribution is -2.39. The van der Waals surface area contributed by atoms with E-state index in [-0.39, 0.29) is 17.0 Å². The average molecular weight is 381 g/mol. The van der Waals surface area contributed by atoms with Crippen molar-refractivity contribution in [2.45, 2.75) is 45.2 Å². The lowest BCUT2D eigenvalue weighted by Gasteiger charge is -2.20. The van der Waals surface area contributed by atoms with Gasteiger partial charge >= 0.3 is 0 Å². The Labute approximate surface area is 165 Å². The highest BCUT2D eigenvalue weighted by Crippen LogP contribution is 2.41. The van der Waals surface area contributed by atoms with E-state index in [0.29, 0.717) is 18.0 Å². The predicted octanol–water partition coefficient (Wildman–Crippen LogP) is 2.56. The molecule has 6 nitrogen and oxygen atoms in total. The van der Waals surface area contributed by atoms with E-state index in [1.165, 1.54) is 17.7 Å². The molecule has 0 atom stereocenters. The monoisotopic (exact) mass is 381 g/mol. The molecule has 2 aromatic rings. The van der Waals surface area contributed by atoms with Crippen LogP contribution in [0.1, 0.15) is 59.4 Å². The van der Waals surface area contributed by atoms with Gasteiger partial charge in [0.1, 0.15) is 5.56 Å². The number of nitrogens with zero attached hydrogens (tertiary/aromatic N) is 1. The number of hydrogen-bond acceptors (Lipinski definition) is 3. The van der Waals surface area contributed by atoms with E-state index >= 15 is 0 Å². The van der Waals surface area contributed by atoms with Crippen molar-refractivity contribution in [2.24, 2.45) is 5.92 Å². The van der Waals surface area contributed by atoms with Crippen LogP contribution in [0.2, 0.25) is 0 Å². The van der Waals surface area contributed by atoms with E-state index in [1.54, 1.807) is 6.20 Å². The van der Waals surface area contributed by atoms with Gasteiger partial charge < -0.3 is 15.2 Å². The van der Waals surface area contributed by atoms with E-state index < -0.39 is 11.5 Å². The largest absolute Gasteiger partial charge is 0.355 e. The van der Waals surface area contributed by atoms with Crippen molar-refractivity contribution >= 4 is 11.8 Å². The molecule has 1 saturated carbocycles. The zero-order chi connectivity index (χ0) is 20.3. The summed E-state index contributed by atoms with van der Waals surface area (Å²) in [6.07, 6.45) is 4.39. The molecule has 0 unspecified atom stereocenters. The molecule has 1 aliphatic carbocycles. The molecule has 2 amide bonds. The summed E-state index contributed by atoms with van der Waals surface area (Å²) in [6.45, 7) is 4.56. The molecule has 0 spiro atoms. The van der Waals surface area contributed by atoms with E-state index in [0.717, 1.165) is 24.8 Å². The Morgan fingerprint density at radius 3 is 2.39 bits per heavy atom. The molecule has 0 aliphatic heterocycles. The van der Waals surface area contributed by atoms with Gasteiger partial charge in [0.05, 0.1) is 12.1 Å². The van der Waals surface area contributed by atoms with Gasteiger partial charge in [-0.05, 0) is 36.8 Å². The van der Waals surface area contributed by atoms with Crippen molar-refractivity contribution in [2.75, 3.05) is 7.05 Å². The molecule has 1 aromatic heterocycles. The van der Waals surface area contributed by atoms with E-state index in [1.807, 2.05) is 30.3 Å². The maximum absolute atomic E-state index is 12.9. The fourth-order valence-corrected chi connectivity index (χ4v) is 3.58. The fourth-order valence-electron chi connectivity index (χ4n) is 3.58. The molecule has 1 fully saturated rings. The molecular formula is C22H27N3O3. The van der Waals surface area contributed by atoms with Gasteiger partial charge in [-0.1, -0.05) is 44.2 Å². The first-order valence-electron chi connectivity index (χ1n) is 9.66. The zero-order valence-corrected chi connectivity index (χ0v) is 16.6. The number of benzene rings is 1. The Morgan fingerprint density at radius 2 is 1.82 bits per heavy atom. The van der Waals surface area contributed by atoms with Gasteiger partial charge in [0.15, 0.2) is 0 Å². The summed E-state index contributed by atoms with van der Waals surface area (Å²) < 4.78 is 1.43. The van der Waals surface area contributed by atoms with Crippen LogP contribution in [0.4, 0.5) is 0 Å². The van der Waals surface area contributed by atoms with Crippen LogP contribution >= 0.6 is 0 Å². The molecule has 6 heteroatoms. The summed E-state index contributed by atoms with van der Waals surface area (Å²) in [5.41, 5.74) is 0.647. The highest BCUT2D eigenvalue weighted by atomic mass is 16.2. The summed E-state index contributed by atoms with van der Waals surface area (Å²) >= 11 is 0. The van der Waals surface area contributed by atoms with Crippen LogP contribution < -0.4 is 16.2 Å². The maximum atomic E-state index is 12.9. The van der Waals surface area contributed by atoms with Gasteiger partial charge in [-0.25, -0.2) is 0 Å². The minimum Gasteiger partial charge on any atom is -0.355 e. The highest BCUT2D eigenvalue weighted by Gasteiger charge is 2.44. The minimum atomic E-state index is -0.496. The number of pyridine rings is 1. The number of aromatic nitrogens is 1. The van der Waals surface area contributed by atoms with Crippen molar-refractivity contribution in [1.29, 1.82) is 0 Å². The summed E-state index contributed by atoms with van der Waals surface area (Å²) in [7, 11) is 1.47. The van der Waals surface area contributed by atoms with Crippen molar-refractivity contribution in [3.8, 4) is 0 Å². The second-order valence-electron chi connectivity index (χ2n) is 7.97. The molecule has 1 aromatic carbocycles. The summed E-state index contributed by atoms with van der Waals surface area (Å²) in [4.78, 5) is 37.9. The number of amides is 2. The molecule has 28 heavy (non-hydrogen) atoms. The van der Waals surface area contributed by atoms with Gasteiger partial charge in [-0.3, -0.25) is 14.4 Å². The normalized spacial score (nSPS) is 14.6. The van der Waals surface area contributed by atoms with Crippen molar-refractivity contribution < 1.29 is 9.59 Å². The third-order valence-corrected chi connectivity index (χ3v) is 5.05. The molecule has 3 rings (SSSR count). The van der Waals surface area contributed by atoms with Gasteiger partial charge in [0.25, 0.3) is 17.4 Å². The number of carbonyl (C=O) groups is 2. The molecule has 1 aliphatic rings. The first kappa shape index (κ1) is 19.9. The molecule has 1 heterocycles. The predicted molar refractivity (Wildman–Crippen MR) is 109 cm³/mol. The van der Waals surface area contributed by atoms with Crippen molar-refractivity contribution in [3.63, 3.8) is 0 Å². The molecule has 0 saturated heterocycles. The second kappa shape index (κ2) is 8.00. The Balaban J connectivity index is 1.94. The topological polar surface area (TPSA) is 80.2 Å². The van der Waals surface area contributed by atoms with Crippen LogP contribution in [0.25, 0.3) is 0 Å². The van der Waals surface area contributed by atoms with Gasteiger partial charge in [0, 0.05) is 18.8 Å². The molecule has 0 bridgehead atoms. The first-order valence-corrected chi connectivity index (χ1v) is 9.66. The molecule has 0 radical (unpaired) electrons. The van der Waals surface area contributed by atoms with Crippen LogP contribution in [0, 0.1) is 5.92 Å². The molecule has 148 valence electrons. The second-order valence-corrected chi connectivity index (χ2v) is 7.97. The first-order chi connectivity index (χ1) is 13.3. The Bertz CT molecular complexity index is 928. The third-order valence-electron chi connectivity index (χ3n) is 5.05. The average Bonchev–Trinajstić information content (AvgIpc) is 3.41. The van der Waals surface area contributed by atoms with Gasteiger partial charge in [-0.15, -0.1) is 0 Å². The minimum absolute atomic E-state index is 0.0280. The smallest absolute Gasteiger partial charge is 0.263 e. The summed E-state index contributed by atoms with van der Waals surface area (Å²) in [5, 5.41) is 5.61. The maximum Gasteiger partial charge on any atom is 0.263 e. The number of nitrogens with one attached hydrogen (secondary N) is 2. The van der Waals surface area contributed by atoms with Crippen LogP contribution in [0.5, 0.6) is 0 Å². The molecular weight excluding hydrogens is 354 g/mol. The van der Waals surface area contributed by atoms with Crippen LogP contribution in [0.15, 0.2) is 47.4 Å². The lowest BCUT2D eigenvalue weighted by atomic mass is 10.0. The Kier molecular flexibility index (Phi) is 5.68. The van der Waals surface area contributed by atoms with E-state index in [4.69, 9.17) is 0 Å². The van der Waals surface area contributed by atoms with E-state index in [2.05, 4.69) is 24.5 Å². The summed E-state index contributed by atoms with van der Waals surface area (Å²) in [6, 6.07) is 10.9. The van der Waals surface area contributed by atoms with Crippen LogP contribution in [-0.4, -0.2) is 29.0 Å². The van der Waals surface area contributed by atoms with E-state index in [9.17, 15) is 14.4 Å².